The van der Waals surface area contributed by atoms with E-state index in [1.165, 1.54) is 0 Å². The third-order valence-electron chi connectivity index (χ3n) is 2.31. The standard InChI is InChI=1S/C12H25N3/c1-4-7-10(2)15-11(3)12(14)8-5-6-9-13/h4,7,10,12,15H,3,5-6,8-9,13-14H2,1-2H3/b7-4+. The number of unbranched alkanes of at least 4 members (excludes halogenated alkanes) is 1. The molecule has 0 radical (unpaired) electrons. The summed E-state index contributed by atoms with van der Waals surface area (Å²) in [5, 5.41) is 3.27. The lowest BCUT2D eigenvalue weighted by molar-refractivity contribution is 0.571. The van der Waals surface area contributed by atoms with Crippen molar-refractivity contribution in [2.24, 2.45) is 11.5 Å². The van der Waals surface area contributed by atoms with Crippen LogP contribution in [0.25, 0.3) is 0 Å². The number of hydrogen-bond acceptors (Lipinski definition) is 3. The fourth-order valence-corrected chi connectivity index (χ4v) is 1.42. The smallest absolute Gasteiger partial charge is 0.0438 e. The van der Waals surface area contributed by atoms with Crippen molar-refractivity contribution in [3.8, 4) is 0 Å². The minimum Gasteiger partial charge on any atom is -0.382 e. The first-order chi connectivity index (χ1) is 7.11. The first kappa shape index (κ1) is 14.2. The third-order valence-corrected chi connectivity index (χ3v) is 2.31. The zero-order valence-corrected chi connectivity index (χ0v) is 10.00. The molecule has 0 aromatic carbocycles. The van der Waals surface area contributed by atoms with Gasteiger partial charge in [-0.05, 0) is 33.2 Å². The molecule has 0 aliphatic heterocycles. The van der Waals surface area contributed by atoms with Crippen LogP contribution in [0.5, 0.6) is 0 Å². The first-order valence-electron chi connectivity index (χ1n) is 5.65. The fraction of sp³-hybridized carbons (Fsp3) is 0.667. The van der Waals surface area contributed by atoms with Crippen LogP contribution in [0.4, 0.5) is 0 Å². The maximum Gasteiger partial charge on any atom is 0.0438 e. The summed E-state index contributed by atoms with van der Waals surface area (Å²) in [6.45, 7) is 8.78. The van der Waals surface area contributed by atoms with Crippen molar-refractivity contribution in [1.82, 2.24) is 5.32 Å². The normalized spacial score (nSPS) is 15.2. The summed E-state index contributed by atoms with van der Waals surface area (Å²) in [7, 11) is 0. The molecule has 0 saturated carbocycles. The van der Waals surface area contributed by atoms with Crippen molar-refractivity contribution in [2.75, 3.05) is 6.54 Å². The average Bonchev–Trinajstić information content (AvgIpc) is 2.18. The van der Waals surface area contributed by atoms with Gasteiger partial charge in [0, 0.05) is 17.8 Å². The van der Waals surface area contributed by atoms with E-state index in [2.05, 4.69) is 24.9 Å². The molecule has 0 amide bonds. The fourth-order valence-electron chi connectivity index (χ4n) is 1.42. The summed E-state index contributed by atoms with van der Waals surface area (Å²) < 4.78 is 0. The highest BCUT2D eigenvalue weighted by atomic mass is 14.9. The van der Waals surface area contributed by atoms with E-state index in [1.54, 1.807) is 0 Å². The summed E-state index contributed by atoms with van der Waals surface area (Å²) >= 11 is 0. The number of allylic oxidation sites excluding steroid dienone is 1. The summed E-state index contributed by atoms with van der Waals surface area (Å²) in [5.41, 5.74) is 12.3. The monoisotopic (exact) mass is 211 g/mol. The van der Waals surface area contributed by atoms with Crippen molar-refractivity contribution in [3.05, 3.63) is 24.4 Å². The molecule has 5 N–H and O–H groups in total. The lowest BCUT2D eigenvalue weighted by atomic mass is 10.1. The minimum absolute atomic E-state index is 0.0317. The Balaban J connectivity index is 3.78. The van der Waals surface area contributed by atoms with Crippen LogP contribution < -0.4 is 16.8 Å². The van der Waals surface area contributed by atoms with E-state index in [9.17, 15) is 0 Å². The van der Waals surface area contributed by atoms with Crippen LogP contribution in [0, 0.1) is 0 Å². The average molecular weight is 211 g/mol. The van der Waals surface area contributed by atoms with Gasteiger partial charge < -0.3 is 16.8 Å². The van der Waals surface area contributed by atoms with E-state index in [0.717, 1.165) is 31.5 Å². The molecule has 2 unspecified atom stereocenters. The predicted molar refractivity (Wildman–Crippen MR) is 67.4 cm³/mol. The van der Waals surface area contributed by atoms with Crippen LogP contribution in [0.3, 0.4) is 0 Å². The lowest BCUT2D eigenvalue weighted by Gasteiger charge is -2.19. The summed E-state index contributed by atoms with van der Waals surface area (Å²) in [6.07, 6.45) is 7.15. The lowest BCUT2D eigenvalue weighted by Crippen LogP contribution is -2.34. The van der Waals surface area contributed by atoms with Gasteiger partial charge in [-0.2, -0.15) is 0 Å². The minimum atomic E-state index is 0.0317. The molecule has 3 nitrogen and oxygen atoms in total. The SMILES string of the molecule is C=C(NC(C)/C=C/C)C(N)CCCCN. The Bertz CT molecular complexity index is 199. The Kier molecular flexibility index (Phi) is 8.05. The van der Waals surface area contributed by atoms with Gasteiger partial charge in [-0.1, -0.05) is 25.2 Å². The van der Waals surface area contributed by atoms with Crippen molar-refractivity contribution < 1.29 is 0 Å². The first-order valence-corrected chi connectivity index (χ1v) is 5.65. The number of nitrogens with one attached hydrogen (secondary N) is 1. The molecule has 0 aromatic heterocycles. The van der Waals surface area contributed by atoms with Crippen molar-refractivity contribution in [2.45, 2.75) is 45.2 Å². The third kappa shape index (κ3) is 7.17. The Morgan fingerprint density at radius 3 is 2.67 bits per heavy atom. The van der Waals surface area contributed by atoms with Gasteiger partial charge in [0.25, 0.3) is 0 Å². The van der Waals surface area contributed by atoms with Crippen LogP contribution in [0.2, 0.25) is 0 Å². The highest BCUT2D eigenvalue weighted by Crippen LogP contribution is 2.04. The molecule has 0 fully saturated rings. The van der Waals surface area contributed by atoms with Crippen molar-refractivity contribution in [3.63, 3.8) is 0 Å². The van der Waals surface area contributed by atoms with E-state index >= 15 is 0 Å². The molecule has 0 aliphatic carbocycles. The van der Waals surface area contributed by atoms with Crippen LogP contribution in [-0.4, -0.2) is 18.6 Å². The van der Waals surface area contributed by atoms with Gasteiger partial charge in [0.05, 0.1) is 0 Å². The molecule has 0 heterocycles. The molecular weight excluding hydrogens is 186 g/mol. The largest absolute Gasteiger partial charge is 0.382 e. The molecule has 0 aliphatic rings. The van der Waals surface area contributed by atoms with E-state index in [-0.39, 0.29) is 6.04 Å². The maximum atomic E-state index is 5.98. The van der Waals surface area contributed by atoms with Crippen molar-refractivity contribution >= 4 is 0 Å². The van der Waals surface area contributed by atoms with E-state index in [1.807, 2.05) is 13.0 Å². The number of nitrogens with two attached hydrogens (primary N) is 2. The second-order valence-corrected chi connectivity index (χ2v) is 3.87. The van der Waals surface area contributed by atoms with Gasteiger partial charge in [0.2, 0.25) is 0 Å². The molecule has 3 heteroatoms. The molecule has 0 spiro atoms. The number of rotatable bonds is 8. The highest BCUT2D eigenvalue weighted by molar-refractivity contribution is 5.05. The van der Waals surface area contributed by atoms with Gasteiger partial charge in [0.1, 0.15) is 0 Å². The quantitative estimate of drug-likeness (QED) is 0.421. The zero-order chi connectivity index (χ0) is 11.7. The number of hydrogen-bond donors (Lipinski definition) is 3. The second-order valence-electron chi connectivity index (χ2n) is 3.87. The molecular formula is C12H25N3. The Labute approximate surface area is 93.6 Å². The van der Waals surface area contributed by atoms with Gasteiger partial charge in [-0.25, -0.2) is 0 Å². The molecule has 88 valence electrons. The van der Waals surface area contributed by atoms with E-state index < -0.39 is 0 Å². The predicted octanol–water partition coefficient (Wildman–Crippen LogP) is 1.51. The summed E-state index contributed by atoms with van der Waals surface area (Å²) in [5.74, 6) is 0. The molecule has 15 heavy (non-hydrogen) atoms. The summed E-state index contributed by atoms with van der Waals surface area (Å²) in [6, 6.07) is 0.326. The van der Waals surface area contributed by atoms with Gasteiger partial charge in [-0.15, -0.1) is 0 Å². The Morgan fingerprint density at radius 2 is 2.13 bits per heavy atom. The Morgan fingerprint density at radius 1 is 1.47 bits per heavy atom. The Hall–Kier alpha value is -0.800. The van der Waals surface area contributed by atoms with Gasteiger partial charge in [-0.3, -0.25) is 0 Å². The molecule has 2 atom stereocenters. The second kappa shape index (κ2) is 8.50. The topological polar surface area (TPSA) is 64.1 Å². The highest BCUT2D eigenvalue weighted by Gasteiger charge is 2.07. The van der Waals surface area contributed by atoms with Crippen LogP contribution in [0.15, 0.2) is 24.4 Å². The van der Waals surface area contributed by atoms with Gasteiger partial charge in [0.15, 0.2) is 0 Å². The molecule has 0 saturated heterocycles. The van der Waals surface area contributed by atoms with E-state index in [0.29, 0.717) is 6.04 Å². The molecule has 0 aromatic rings. The van der Waals surface area contributed by atoms with Gasteiger partial charge >= 0.3 is 0 Å². The van der Waals surface area contributed by atoms with Crippen LogP contribution >= 0.6 is 0 Å². The van der Waals surface area contributed by atoms with Crippen LogP contribution in [0.1, 0.15) is 33.1 Å². The maximum absolute atomic E-state index is 5.98. The molecule has 0 bridgehead atoms. The zero-order valence-electron chi connectivity index (χ0n) is 10.00. The van der Waals surface area contributed by atoms with Crippen molar-refractivity contribution in [1.29, 1.82) is 0 Å². The molecule has 0 rings (SSSR count). The van der Waals surface area contributed by atoms with Crippen LogP contribution in [-0.2, 0) is 0 Å². The summed E-state index contributed by atoms with van der Waals surface area (Å²) in [4.78, 5) is 0. The van der Waals surface area contributed by atoms with E-state index in [4.69, 9.17) is 11.5 Å².